The number of amides is 1. The Morgan fingerprint density at radius 1 is 1.44 bits per heavy atom. The van der Waals surface area contributed by atoms with Crippen LogP contribution in [0.15, 0.2) is 0 Å². The predicted octanol–water partition coefficient (Wildman–Crippen LogP) is 2.01. The molecule has 16 heavy (non-hydrogen) atoms. The molecule has 0 aromatic heterocycles. The van der Waals surface area contributed by atoms with Crippen molar-refractivity contribution in [3.05, 3.63) is 0 Å². The maximum absolute atomic E-state index is 12.3. The van der Waals surface area contributed by atoms with Gasteiger partial charge in [0.2, 0.25) is 5.91 Å². The molecule has 0 aliphatic carbocycles. The molecule has 1 aliphatic heterocycles. The van der Waals surface area contributed by atoms with Gasteiger partial charge in [-0.2, -0.15) is 0 Å². The van der Waals surface area contributed by atoms with Crippen LogP contribution in [0.25, 0.3) is 0 Å². The molecule has 1 amide bonds. The van der Waals surface area contributed by atoms with Crippen molar-refractivity contribution in [1.29, 1.82) is 0 Å². The van der Waals surface area contributed by atoms with Crippen molar-refractivity contribution in [2.24, 2.45) is 17.6 Å². The first-order chi connectivity index (χ1) is 7.49. The number of hydrogen-bond acceptors (Lipinski definition) is 2. The molecular weight excluding hydrogens is 200 g/mol. The predicted molar refractivity (Wildman–Crippen MR) is 67.0 cm³/mol. The molecule has 2 N–H and O–H groups in total. The first-order valence-electron chi connectivity index (χ1n) is 6.55. The van der Waals surface area contributed by atoms with Crippen LogP contribution in [0, 0.1) is 11.8 Å². The highest BCUT2D eigenvalue weighted by molar-refractivity contribution is 5.82. The average molecular weight is 226 g/mol. The quantitative estimate of drug-likeness (QED) is 0.797. The second-order valence-corrected chi connectivity index (χ2v) is 5.40. The number of likely N-dealkylation sites (tertiary alicyclic amines) is 1. The van der Waals surface area contributed by atoms with E-state index in [1.807, 2.05) is 4.90 Å². The molecule has 0 saturated carbocycles. The lowest BCUT2D eigenvalue weighted by molar-refractivity contribution is -0.135. The van der Waals surface area contributed by atoms with E-state index in [1.54, 1.807) is 0 Å². The lowest BCUT2D eigenvalue weighted by atomic mass is 9.97. The van der Waals surface area contributed by atoms with Crippen molar-refractivity contribution in [3.8, 4) is 0 Å². The van der Waals surface area contributed by atoms with E-state index in [9.17, 15) is 4.79 Å². The van der Waals surface area contributed by atoms with Crippen molar-refractivity contribution in [3.63, 3.8) is 0 Å². The van der Waals surface area contributed by atoms with Gasteiger partial charge >= 0.3 is 0 Å². The van der Waals surface area contributed by atoms with E-state index < -0.39 is 0 Å². The SMILES string of the molecule is CCC(C)[C@H](N)C(=O)N1CCCC1C(C)C. The second-order valence-electron chi connectivity index (χ2n) is 5.40. The summed E-state index contributed by atoms with van der Waals surface area (Å²) in [4.78, 5) is 14.3. The van der Waals surface area contributed by atoms with Crippen LogP contribution in [-0.2, 0) is 4.79 Å². The molecule has 94 valence electrons. The van der Waals surface area contributed by atoms with Gasteiger partial charge in [0.05, 0.1) is 6.04 Å². The molecule has 0 spiro atoms. The molecule has 1 heterocycles. The number of rotatable bonds is 4. The third-order valence-corrected chi connectivity index (χ3v) is 3.89. The van der Waals surface area contributed by atoms with E-state index in [0.29, 0.717) is 12.0 Å². The summed E-state index contributed by atoms with van der Waals surface area (Å²) >= 11 is 0. The summed E-state index contributed by atoms with van der Waals surface area (Å²) in [6, 6.07) is 0.0898. The van der Waals surface area contributed by atoms with Gasteiger partial charge in [0, 0.05) is 12.6 Å². The fraction of sp³-hybridized carbons (Fsp3) is 0.923. The van der Waals surface area contributed by atoms with E-state index in [4.69, 9.17) is 5.73 Å². The highest BCUT2D eigenvalue weighted by atomic mass is 16.2. The molecule has 0 aromatic rings. The molecule has 2 unspecified atom stereocenters. The van der Waals surface area contributed by atoms with E-state index in [-0.39, 0.29) is 17.9 Å². The van der Waals surface area contributed by atoms with Gasteiger partial charge in [0.25, 0.3) is 0 Å². The van der Waals surface area contributed by atoms with Crippen LogP contribution >= 0.6 is 0 Å². The molecule has 0 bridgehead atoms. The lowest BCUT2D eigenvalue weighted by Crippen LogP contribution is -2.49. The number of carbonyl (C=O) groups is 1. The number of nitrogens with two attached hydrogens (primary N) is 1. The first kappa shape index (κ1) is 13.5. The number of carbonyl (C=O) groups excluding carboxylic acids is 1. The average Bonchev–Trinajstić information content (AvgIpc) is 2.74. The summed E-state index contributed by atoms with van der Waals surface area (Å²) < 4.78 is 0. The first-order valence-corrected chi connectivity index (χ1v) is 6.55. The Morgan fingerprint density at radius 3 is 2.56 bits per heavy atom. The Morgan fingerprint density at radius 2 is 2.06 bits per heavy atom. The van der Waals surface area contributed by atoms with Crippen LogP contribution < -0.4 is 5.73 Å². The van der Waals surface area contributed by atoms with Gasteiger partial charge in [-0.05, 0) is 24.7 Å². The summed E-state index contributed by atoms with van der Waals surface area (Å²) in [6.07, 6.45) is 3.23. The van der Waals surface area contributed by atoms with Crippen molar-refractivity contribution in [2.45, 2.75) is 59.0 Å². The summed E-state index contributed by atoms with van der Waals surface area (Å²) in [6.45, 7) is 9.41. The minimum Gasteiger partial charge on any atom is -0.338 e. The van der Waals surface area contributed by atoms with E-state index in [0.717, 1.165) is 25.8 Å². The van der Waals surface area contributed by atoms with Crippen LogP contribution in [0.3, 0.4) is 0 Å². The summed E-state index contributed by atoms with van der Waals surface area (Å²) in [5, 5.41) is 0. The van der Waals surface area contributed by atoms with Crippen LogP contribution in [0.5, 0.6) is 0 Å². The number of hydrogen-bond donors (Lipinski definition) is 1. The van der Waals surface area contributed by atoms with Crippen LogP contribution in [0.2, 0.25) is 0 Å². The van der Waals surface area contributed by atoms with Gasteiger partial charge in [-0.15, -0.1) is 0 Å². The van der Waals surface area contributed by atoms with E-state index >= 15 is 0 Å². The minimum atomic E-state index is -0.315. The Labute approximate surface area is 99.4 Å². The maximum atomic E-state index is 12.3. The van der Waals surface area contributed by atoms with Crippen molar-refractivity contribution in [2.75, 3.05) is 6.54 Å². The highest BCUT2D eigenvalue weighted by Gasteiger charge is 2.34. The topological polar surface area (TPSA) is 46.3 Å². The fourth-order valence-corrected chi connectivity index (χ4v) is 2.45. The van der Waals surface area contributed by atoms with Crippen molar-refractivity contribution >= 4 is 5.91 Å². The van der Waals surface area contributed by atoms with Gasteiger partial charge < -0.3 is 10.6 Å². The van der Waals surface area contributed by atoms with Gasteiger partial charge in [-0.1, -0.05) is 34.1 Å². The Balaban J connectivity index is 2.65. The van der Waals surface area contributed by atoms with Gasteiger partial charge in [-0.25, -0.2) is 0 Å². The molecule has 0 radical (unpaired) electrons. The van der Waals surface area contributed by atoms with Crippen molar-refractivity contribution in [1.82, 2.24) is 4.90 Å². The monoisotopic (exact) mass is 226 g/mol. The molecule has 1 fully saturated rings. The zero-order valence-electron chi connectivity index (χ0n) is 11.1. The molecule has 1 rings (SSSR count). The largest absolute Gasteiger partial charge is 0.338 e. The zero-order chi connectivity index (χ0) is 12.3. The van der Waals surface area contributed by atoms with Gasteiger partial charge in [0.1, 0.15) is 0 Å². The molecule has 0 aromatic carbocycles. The smallest absolute Gasteiger partial charge is 0.240 e. The van der Waals surface area contributed by atoms with E-state index in [1.165, 1.54) is 0 Å². The van der Waals surface area contributed by atoms with E-state index in [2.05, 4.69) is 27.7 Å². The minimum absolute atomic E-state index is 0.158. The summed E-state index contributed by atoms with van der Waals surface area (Å²) in [5.41, 5.74) is 6.02. The fourth-order valence-electron chi connectivity index (χ4n) is 2.45. The highest BCUT2D eigenvalue weighted by Crippen LogP contribution is 2.25. The third-order valence-electron chi connectivity index (χ3n) is 3.89. The van der Waals surface area contributed by atoms with Crippen LogP contribution in [0.4, 0.5) is 0 Å². The number of nitrogens with zero attached hydrogens (tertiary/aromatic N) is 1. The van der Waals surface area contributed by atoms with Crippen LogP contribution in [0.1, 0.15) is 47.0 Å². The molecule has 3 heteroatoms. The third kappa shape index (κ3) is 2.76. The van der Waals surface area contributed by atoms with Crippen molar-refractivity contribution < 1.29 is 4.79 Å². The van der Waals surface area contributed by atoms with Crippen LogP contribution in [-0.4, -0.2) is 29.4 Å². The Bertz CT molecular complexity index is 240. The summed E-state index contributed by atoms with van der Waals surface area (Å²) in [7, 11) is 0. The lowest BCUT2D eigenvalue weighted by Gasteiger charge is -2.31. The maximum Gasteiger partial charge on any atom is 0.240 e. The molecule has 3 nitrogen and oxygen atoms in total. The molecule has 3 atom stereocenters. The Kier molecular flexibility index (Phi) is 4.78. The molecule has 1 aliphatic rings. The second kappa shape index (κ2) is 5.67. The normalized spacial score (nSPS) is 24.9. The zero-order valence-corrected chi connectivity index (χ0v) is 11.1. The van der Waals surface area contributed by atoms with Gasteiger partial charge in [-0.3, -0.25) is 4.79 Å². The Hall–Kier alpha value is -0.570. The molecular formula is C13H26N2O. The standard InChI is InChI=1S/C13H26N2O/c1-5-10(4)12(14)13(16)15-8-6-7-11(15)9(2)3/h9-12H,5-8,14H2,1-4H3/t10?,11?,12-/m0/s1. The van der Waals surface area contributed by atoms with Gasteiger partial charge in [0.15, 0.2) is 0 Å². The molecule has 1 saturated heterocycles. The summed E-state index contributed by atoms with van der Waals surface area (Å²) in [5.74, 6) is 0.974.